The lowest BCUT2D eigenvalue weighted by Gasteiger charge is -2.24. The molecular formula is C21H25N5O3S. The molecule has 9 heteroatoms. The van der Waals surface area contributed by atoms with Crippen LogP contribution >= 0.6 is 11.3 Å². The maximum Gasteiger partial charge on any atom is 0.410 e. The first-order valence-corrected chi connectivity index (χ1v) is 10.7. The van der Waals surface area contributed by atoms with Crippen LogP contribution in [0.5, 0.6) is 0 Å². The van der Waals surface area contributed by atoms with Crippen LogP contribution in [-0.2, 0) is 11.3 Å². The van der Waals surface area contributed by atoms with Crippen molar-refractivity contribution in [3.8, 4) is 0 Å². The summed E-state index contributed by atoms with van der Waals surface area (Å²) in [5.41, 5.74) is 1.32. The second kappa shape index (κ2) is 8.06. The van der Waals surface area contributed by atoms with Crippen LogP contribution in [0, 0.1) is 0 Å². The zero-order valence-electron chi connectivity index (χ0n) is 17.3. The predicted molar refractivity (Wildman–Crippen MR) is 114 cm³/mol. The highest BCUT2D eigenvalue weighted by molar-refractivity contribution is 7.13. The van der Waals surface area contributed by atoms with E-state index in [0.29, 0.717) is 24.5 Å². The number of pyridine rings is 1. The van der Waals surface area contributed by atoms with Crippen molar-refractivity contribution in [1.29, 1.82) is 0 Å². The summed E-state index contributed by atoms with van der Waals surface area (Å²) in [7, 11) is 0. The van der Waals surface area contributed by atoms with E-state index in [2.05, 4.69) is 15.3 Å². The third-order valence-corrected chi connectivity index (χ3v) is 6.01. The second-order valence-electron chi connectivity index (χ2n) is 8.39. The molecule has 0 aliphatic carbocycles. The third-order valence-electron chi connectivity index (χ3n) is 4.85. The topological polar surface area (TPSA) is 88.8 Å². The van der Waals surface area contributed by atoms with E-state index in [4.69, 9.17) is 4.74 Å². The lowest BCUT2D eigenvalue weighted by molar-refractivity contribution is 0.0292. The standard InChI is InChI=1S/C21H25N5O3S/c1-21(2,3)29-20(28)26-8-5-15(13-26)19-24-12-16(30-19)18(27)23-11-14-4-7-25-9-6-22-17(25)10-14/h4,6-7,9-10,12,15H,5,8,11,13H2,1-3H3,(H,23,27). The summed E-state index contributed by atoms with van der Waals surface area (Å²) in [5, 5.41) is 3.82. The highest BCUT2D eigenvalue weighted by Gasteiger charge is 2.32. The molecule has 3 aromatic heterocycles. The normalized spacial score (nSPS) is 16.8. The molecule has 0 aromatic carbocycles. The Kier molecular flexibility index (Phi) is 5.46. The SMILES string of the molecule is CC(C)(C)OC(=O)N1CCC(c2ncc(C(=O)NCc3ccn4ccnc4c3)s2)C1. The minimum atomic E-state index is -0.510. The number of nitrogens with zero attached hydrogens (tertiary/aromatic N) is 4. The summed E-state index contributed by atoms with van der Waals surface area (Å²) < 4.78 is 7.36. The maximum atomic E-state index is 12.5. The van der Waals surface area contributed by atoms with Crippen molar-refractivity contribution in [2.75, 3.05) is 13.1 Å². The van der Waals surface area contributed by atoms with Gasteiger partial charge in [-0.1, -0.05) is 0 Å². The number of thiazole rings is 1. The van der Waals surface area contributed by atoms with Gasteiger partial charge in [0.15, 0.2) is 0 Å². The molecule has 0 saturated carbocycles. The van der Waals surface area contributed by atoms with Crippen LogP contribution in [0.3, 0.4) is 0 Å². The van der Waals surface area contributed by atoms with Crippen molar-refractivity contribution in [3.05, 3.63) is 52.4 Å². The van der Waals surface area contributed by atoms with Crippen LogP contribution in [0.2, 0.25) is 0 Å². The lowest BCUT2D eigenvalue weighted by Crippen LogP contribution is -2.35. The number of fused-ring (bicyclic) bond motifs is 1. The Bertz CT molecular complexity index is 1070. The maximum absolute atomic E-state index is 12.5. The number of hydrogen-bond acceptors (Lipinski definition) is 6. The van der Waals surface area contributed by atoms with E-state index in [1.807, 2.05) is 49.7 Å². The Balaban J connectivity index is 1.33. The van der Waals surface area contributed by atoms with E-state index < -0.39 is 5.60 Å². The molecule has 1 saturated heterocycles. The van der Waals surface area contributed by atoms with Gasteiger partial charge >= 0.3 is 6.09 Å². The minimum absolute atomic E-state index is 0.131. The minimum Gasteiger partial charge on any atom is -0.444 e. The summed E-state index contributed by atoms with van der Waals surface area (Å²) in [6, 6.07) is 3.90. The summed E-state index contributed by atoms with van der Waals surface area (Å²) >= 11 is 1.39. The van der Waals surface area contributed by atoms with Gasteiger partial charge in [0, 0.05) is 44.1 Å². The number of hydrogen-bond donors (Lipinski definition) is 1. The number of imidazole rings is 1. The zero-order chi connectivity index (χ0) is 21.3. The van der Waals surface area contributed by atoms with Crippen LogP contribution in [-0.4, -0.2) is 50.0 Å². The summed E-state index contributed by atoms with van der Waals surface area (Å²) in [6.07, 6.45) is 7.67. The first kappa shape index (κ1) is 20.3. The molecule has 1 aliphatic rings. The van der Waals surface area contributed by atoms with Crippen LogP contribution in [0.25, 0.3) is 5.65 Å². The Morgan fingerprint density at radius 2 is 2.13 bits per heavy atom. The van der Waals surface area contributed by atoms with E-state index in [-0.39, 0.29) is 17.9 Å². The summed E-state index contributed by atoms with van der Waals surface area (Å²) in [4.78, 5) is 35.8. The number of carbonyl (C=O) groups is 2. The van der Waals surface area contributed by atoms with E-state index >= 15 is 0 Å². The number of nitrogens with one attached hydrogen (secondary N) is 1. The number of rotatable bonds is 4. The molecule has 0 spiro atoms. The van der Waals surface area contributed by atoms with Gasteiger partial charge in [-0.25, -0.2) is 14.8 Å². The number of amides is 2. The molecule has 1 unspecified atom stereocenters. The van der Waals surface area contributed by atoms with Crippen molar-refractivity contribution >= 4 is 29.0 Å². The Labute approximate surface area is 178 Å². The van der Waals surface area contributed by atoms with E-state index in [1.54, 1.807) is 17.3 Å². The molecule has 0 radical (unpaired) electrons. The van der Waals surface area contributed by atoms with Gasteiger partial charge in [0.1, 0.15) is 16.1 Å². The van der Waals surface area contributed by atoms with Gasteiger partial charge in [0.2, 0.25) is 0 Å². The second-order valence-corrected chi connectivity index (χ2v) is 9.45. The molecule has 4 rings (SSSR count). The van der Waals surface area contributed by atoms with Crippen molar-refractivity contribution in [3.63, 3.8) is 0 Å². The monoisotopic (exact) mass is 427 g/mol. The Hall–Kier alpha value is -2.94. The first-order chi connectivity index (χ1) is 14.3. The van der Waals surface area contributed by atoms with Gasteiger partial charge in [-0.05, 0) is 44.9 Å². The summed E-state index contributed by atoms with van der Waals surface area (Å²) in [5.74, 6) is -0.0177. The van der Waals surface area contributed by atoms with Gasteiger partial charge in [-0.3, -0.25) is 4.79 Å². The number of ether oxygens (including phenoxy) is 1. The quantitative estimate of drug-likeness (QED) is 0.689. The fourth-order valence-electron chi connectivity index (χ4n) is 3.37. The van der Waals surface area contributed by atoms with Crippen LogP contribution in [0.1, 0.15) is 53.4 Å². The molecule has 1 N–H and O–H groups in total. The third kappa shape index (κ3) is 4.62. The van der Waals surface area contributed by atoms with Gasteiger partial charge in [0.25, 0.3) is 5.91 Å². The molecule has 0 bridgehead atoms. The largest absolute Gasteiger partial charge is 0.444 e. The average Bonchev–Trinajstić information content (AvgIpc) is 3.44. The molecule has 2 amide bonds. The Morgan fingerprint density at radius 3 is 2.93 bits per heavy atom. The Morgan fingerprint density at radius 1 is 1.30 bits per heavy atom. The molecule has 8 nitrogen and oxygen atoms in total. The molecule has 3 aromatic rings. The molecule has 1 fully saturated rings. The first-order valence-electron chi connectivity index (χ1n) is 9.92. The molecule has 4 heterocycles. The summed E-state index contributed by atoms with van der Waals surface area (Å²) in [6.45, 7) is 7.20. The van der Waals surface area contributed by atoms with Crippen LogP contribution in [0.15, 0.2) is 36.9 Å². The molecule has 158 valence electrons. The molecule has 1 atom stereocenters. The smallest absolute Gasteiger partial charge is 0.410 e. The number of carbonyl (C=O) groups excluding carboxylic acids is 2. The highest BCUT2D eigenvalue weighted by atomic mass is 32.1. The van der Waals surface area contributed by atoms with E-state index in [9.17, 15) is 9.59 Å². The molecule has 30 heavy (non-hydrogen) atoms. The molecule has 1 aliphatic heterocycles. The van der Waals surface area contributed by atoms with Gasteiger partial charge < -0.3 is 19.4 Å². The predicted octanol–water partition coefficient (Wildman–Crippen LogP) is 3.45. The number of likely N-dealkylation sites (tertiary alicyclic amines) is 1. The average molecular weight is 428 g/mol. The zero-order valence-corrected chi connectivity index (χ0v) is 18.1. The van der Waals surface area contributed by atoms with Crippen molar-refractivity contribution in [2.24, 2.45) is 0 Å². The van der Waals surface area contributed by atoms with Crippen LogP contribution < -0.4 is 5.32 Å². The van der Waals surface area contributed by atoms with Gasteiger partial charge in [-0.2, -0.15) is 0 Å². The lowest BCUT2D eigenvalue weighted by atomic mass is 10.1. The highest BCUT2D eigenvalue weighted by Crippen LogP contribution is 2.31. The van der Waals surface area contributed by atoms with Crippen molar-refractivity contribution in [1.82, 2.24) is 24.6 Å². The fourth-order valence-corrected chi connectivity index (χ4v) is 4.33. The molecular weight excluding hydrogens is 402 g/mol. The van der Waals surface area contributed by atoms with E-state index in [1.165, 1.54) is 11.3 Å². The van der Waals surface area contributed by atoms with E-state index in [0.717, 1.165) is 22.6 Å². The van der Waals surface area contributed by atoms with Crippen LogP contribution in [0.4, 0.5) is 4.79 Å². The van der Waals surface area contributed by atoms with Gasteiger partial charge in [-0.15, -0.1) is 11.3 Å². The van der Waals surface area contributed by atoms with Gasteiger partial charge in [0.05, 0.1) is 11.2 Å². The van der Waals surface area contributed by atoms with Crippen molar-refractivity contribution < 1.29 is 14.3 Å². The number of aromatic nitrogens is 3. The van der Waals surface area contributed by atoms with Crippen molar-refractivity contribution in [2.45, 2.75) is 45.3 Å². The fraction of sp³-hybridized carbons (Fsp3) is 0.429.